The summed E-state index contributed by atoms with van der Waals surface area (Å²) in [4.78, 5) is 13.1. The van der Waals surface area contributed by atoms with Gasteiger partial charge in [-0.05, 0) is 56.2 Å². The van der Waals surface area contributed by atoms with E-state index in [2.05, 4.69) is 23.9 Å². The average molecular weight is 417 g/mol. The summed E-state index contributed by atoms with van der Waals surface area (Å²) >= 11 is 0. The van der Waals surface area contributed by atoms with Crippen LogP contribution in [0.25, 0.3) is 0 Å². The number of nitrogens with one attached hydrogen (secondary N) is 2. The van der Waals surface area contributed by atoms with Crippen LogP contribution < -0.4 is 10.0 Å². The Hall–Kier alpha value is -2.18. The summed E-state index contributed by atoms with van der Waals surface area (Å²) in [5, 5.41) is 2.88. The zero-order valence-corrected chi connectivity index (χ0v) is 18.8. The summed E-state index contributed by atoms with van der Waals surface area (Å²) in [6.45, 7) is 10.2. The Morgan fingerprint density at radius 3 is 2.14 bits per heavy atom. The third-order valence-electron chi connectivity index (χ3n) is 4.79. The molecule has 2 rings (SSSR count). The van der Waals surface area contributed by atoms with Gasteiger partial charge < -0.3 is 5.32 Å². The summed E-state index contributed by atoms with van der Waals surface area (Å²) in [7, 11) is -3.85. The number of sulfonamides is 1. The van der Waals surface area contributed by atoms with Gasteiger partial charge in [0.15, 0.2) is 0 Å². The molecule has 5 nitrogen and oxygen atoms in total. The molecule has 0 bridgehead atoms. The van der Waals surface area contributed by atoms with Crippen LogP contribution in [0.2, 0.25) is 0 Å². The molecular weight excluding hydrogens is 384 g/mol. The Bertz CT molecular complexity index is 915. The van der Waals surface area contributed by atoms with Crippen LogP contribution >= 0.6 is 0 Å². The van der Waals surface area contributed by atoms with Crippen LogP contribution in [0, 0.1) is 26.7 Å². The Kier molecular flexibility index (Phi) is 7.99. The van der Waals surface area contributed by atoms with Crippen molar-refractivity contribution in [2.75, 3.05) is 6.54 Å². The number of hydrogen-bond donors (Lipinski definition) is 2. The molecule has 29 heavy (non-hydrogen) atoms. The maximum absolute atomic E-state index is 13.2. The average Bonchev–Trinajstić information content (AvgIpc) is 2.60. The fourth-order valence-electron chi connectivity index (χ4n) is 3.48. The van der Waals surface area contributed by atoms with Gasteiger partial charge in [-0.25, -0.2) is 8.42 Å². The highest BCUT2D eigenvalue weighted by Crippen LogP contribution is 2.22. The van der Waals surface area contributed by atoms with Crippen LogP contribution in [-0.4, -0.2) is 26.9 Å². The van der Waals surface area contributed by atoms with Gasteiger partial charge in [-0.3, -0.25) is 4.79 Å². The topological polar surface area (TPSA) is 75.3 Å². The monoisotopic (exact) mass is 416 g/mol. The lowest BCUT2D eigenvalue weighted by Gasteiger charge is -2.21. The summed E-state index contributed by atoms with van der Waals surface area (Å²) in [6, 6.07) is 12.3. The predicted molar refractivity (Wildman–Crippen MR) is 117 cm³/mol. The van der Waals surface area contributed by atoms with E-state index in [0.29, 0.717) is 23.6 Å². The number of carbonyl (C=O) groups is 1. The molecule has 0 saturated carbocycles. The van der Waals surface area contributed by atoms with Crippen molar-refractivity contribution in [2.24, 2.45) is 5.92 Å². The molecule has 6 heteroatoms. The zero-order valence-electron chi connectivity index (χ0n) is 18.0. The molecule has 0 fully saturated rings. The van der Waals surface area contributed by atoms with Crippen LogP contribution in [0.15, 0.2) is 47.4 Å². The van der Waals surface area contributed by atoms with Crippen molar-refractivity contribution in [3.63, 3.8) is 0 Å². The summed E-state index contributed by atoms with van der Waals surface area (Å²) in [6.07, 6.45) is 1.13. The molecule has 1 unspecified atom stereocenters. The molecule has 2 aromatic carbocycles. The number of hydrogen-bond acceptors (Lipinski definition) is 3. The van der Waals surface area contributed by atoms with E-state index in [0.717, 1.165) is 17.5 Å². The molecule has 0 aromatic heterocycles. The fourth-order valence-corrected chi connectivity index (χ4v) is 5.13. The maximum atomic E-state index is 13.2. The van der Waals surface area contributed by atoms with Gasteiger partial charge in [0, 0.05) is 6.54 Å². The van der Waals surface area contributed by atoms with Gasteiger partial charge in [0.1, 0.15) is 6.04 Å². The lowest BCUT2D eigenvalue weighted by Crippen LogP contribution is -2.48. The normalized spacial score (nSPS) is 12.8. The molecule has 1 amide bonds. The summed E-state index contributed by atoms with van der Waals surface area (Å²) in [5.74, 6) is 0.151. The minimum Gasteiger partial charge on any atom is -0.355 e. The van der Waals surface area contributed by atoms with Gasteiger partial charge in [0.2, 0.25) is 15.9 Å². The van der Waals surface area contributed by atoms with E-state index in [4.69, 9.17) is 0 Å². The van der Waals surface area contributed by atoms with Gasteiger partial charge >= 0.3 is 0 Å². The van der Waals surface area contributed by atoms with Crippen molar-refractivity contribution in [3.05, 3.63) is 64.7 Å². The molecular formula is C23H32N2O3S. The van der Waals surface area contributed by atoms with Crippen molar-refractivity contribution in [1.82, 2.24) is 10.0 Å². The molecule has 158 valence electrons. The first-order chi connectivity index (χ1) is 13.6. The molecule has 0 aliphatic heterocycles. The molecule has 2 N–H and O–H groups in total. The smallest absolute Gasteiger partial charge is 0.241 e. The predicted octanol–water partition coefficient (Wildman–Crippen LogP) is 3.66. The number of benzene rings is 2. The van der Waals surface area contributed by atoms with Gasteiger partial charge in [-0.15, -0.1) is 0 Å². The molecule has 0 aliphatic rings. The van der Waals surface area contributed by atoms with Gasteiger partial charge in [0.05, 0.1) is 4.90 Å². The van der Waals surface area contributed by atoms with Crippen molar-refractivity contribution in [3.8, 4) is 0 Å². The van der Waals surface area contributed by atoms with E-state index in [9.17, 15) is 13.2 Å². The molecule has 0 aliphatic carbocycles. The zero-order chi connectivity index (χ0) is 21.6. The largest absolute Gasteiger partial charge is 0.355 e. The quantitative estimate of drug-likeness (QED) is 0.655. The van der Waals surface area contributed by atoms with Crippen LogP contribution in [-0.2, 0) is 21.2 Å². The minimum absolute atomic E-state index is 0.246. The maximum Gasteiger partial charge on any atom is 0.241 e. The second-order valence-corrected chi connectivity index (χ2v) is 9.72. The fraction of sp³-hybridized carbons (Fsp3) is 0.435. The van der Waals surface area contributed by atoms with Gasteiger partial charge in [-0.1, -0.05) is 61.9 Å². The molecule has 0 spiro atoms. The second-order valence-electron chi connectivity index (χ2n) is 8.06. The SMILES string of the molecule is Cc1cc(C)c(S(=O)(=O)NC(Cc2ccccc2)C(=O)NCCC(C)C)c(C)c1. The molecule has 0 radical (unpaired) electrons. The van der Waals surface area contributed by atoms with Crippen LogP contribution in [0.1, 0.15) is 42.5 Å². The highest BCUT2D eigenvalue weighted by Gasteiger charge is 2.28. The Morgan fingerprint density at radius 2 is 1.59 bits per heavy atom. The summed E-state index contributed by atoms with van der Waals surface area (Å²) in [5.41, 5.74) is 3.25. The third-order valence-corrected chi connectivity index (χ3v) is 6.57. The summed E-state index contributed by atoms with van der Waals surface area (Å²) < 4.78 is 29.0. The third kappa shape index (κ3) is 6.68. The number of amides is 1. The van der Waals surface area contributed by atoms with Gasteiger partial charge in [0.25, 0.3) is 0 Å². The van der Waals surface area contributed by atoms with E-state index < -0.39 is 16.1 Å². The first-order valence-corrected chi connectivity index (χ1v) is 11.5. The molecule has 0 saturated heterocycles. The number of carbonyl (C=O) groups excluding carboxylic acids is 1. The number of rotatable bonds is 9. The second kappa shape index (κ2) is 10.0. The van der Waals surface area contributed by atoms with Crippen LogP contribution in [0.4, 0.5) is 0 Å². The van der Waals surface area contributed by atoms with E-state index in [1.165, 1.54) is 0 Å². The van der Waals surface area contributed by atoms with Crippen molar-refractivity contribution in [2.45, 2.75) is 58.4 Å². The highest BCUT2D eigenvalue weighted by atomic mass is 32.2. The lowest BCUT2D eigenvalue weighted by atomic mass is 10.1. The first-order valence-electron chi connectivity index (χ1n) is 10.0. The Labute approximate surface area is 175 Å². The van der Waals surface area contributed by atoms with Crippen molar-refractivity contribution in [1.29, 1.82) is 0 Å². The van der Waals surface area contributed by atoms with Crippen molar-refractivity contribution >= 4 is 15.9 Å². The van der Waals surface area contributed by atoms with E-state index in [-0.39, 0.29) is 17.2 Å². The first kappa shape index (κ1) is 23.1. The van der Waals surface area contributed by atoms with E-state index >= 15 is 0 Å². The van der Waals surface area contributed by atoms with E-state index in [1.54, 1.807) is 13.8 Å². The van der Waals surface area contributed by atoms with Gasteiger partial charge in [-0.2, -0.15) is 4.72 Å². The molecule has 0 heterocycles. The highest BCUT2D eigenvalue weighted by molar-refractivity contribution is 7.89. The minimum atomic E-state index is -3.85. The van der Waals surface area contributed by atoms with Crippen LogP contribution in [0.5, 0.6) is 0 Å². The Balaban J connectivity index is 2.29. The van der Waals surface area contributed by atoms with Crippen molar-refractivity contribution < 1.29 is 13.2 Å². The van der Waals surface area contributed by atoms with E-state index in [1.807, 2.05) is 49.4 Å². The number of aryl methyl sites for hydroxylation is 3. The molecule has 2 aromatic rings. The molecule has 1 atom stereocenters. The van der Waals surface area contributed by atoms with Crippen LogP contribution in [0.3, 0.4) is 0 Å². The lowest BCUT2D eigenvalue weighted by molar-refractivity contribution is -0.122. The Morgan fingerprint density at radius 1 is 1.00 bits per heavy atom. The standard InChI is InChI=1S/C23H32N2O3S/c1-16(2)11-12-24-23(26)21(15-20-9-7-6-8-10-20)25-29(27,28)22-18(4)13-17(3)14-19(22)5/h6-10,13-14,16,21,25H,11-12,15H2,1-5H3,(H,24,26).